The number of aromatic amines is 3. The molecule has 106 heavy (non-hydrogen) atoms. The summed E-state index contributed by atoms with van der Waals surface area (Å²) in [7, 11) is 3.51. The zero-order chi connectivity index (χ0) is 75.8. The van der Waals surface area contributed by atoms with E-state index in [0.717, 1.165) is 12.1 Å². The Hall–Kier alpha value is -14.1. The first kappa shape index (κ1) is 76.1. The number of alkyl halides is 3. The van der Waals surface area contributed by atoms with E-state index in [1.807, 2.05) is 6.07 Å². The number of hydrogen-bond acceptors (Lipinski definition) is 25. The van der Waals surface area contributed by atoms with Gasteiger partial charge in [0.2, 0.25) is 23.5 Å². The van der Waals surface area contributed by atoms with Gasteiger partial charge in [-0.25, -0.2) is 69.2 Å². The van der Waals surface area contributed by atoms with E-state index in [9.17, 15) is 32.3 Å². The molecular weight excluding hydrogens is 1410 g/mol. The Morgan fingerprint density at radius 2 is 0.840 bits per heavy atom. The first-order valence-corrected chi connectivity index (χ1v) is 31.4. The smallest absolute Gasteiger partial charge is 0.417 e. The predicted molar refractivity (Wildman–Crippen MR) is 380 cm³/mol. The van der Waals surface area contributed by atoms with Crippen LogP contribution in [0.5, 0.6) is 46.5 Å². The Kier molecular flexibility index (Phi) is 25.4. The number of hydrogen-bond donors (Lipinski definition) is 8. The van der Waals surface area contributed by atoms with Crippen molar-refractivity contribution in [2.75, 3.05) is 41.1 Å². The third kappa shape index (κ3) is 24.9. The number of benzene rings is 5. The summed E-state index contributed by atoms with van der Waals surface area (Å²) in [4.78, 5) is 97.8. The van der Waals surface area contributed by atoms with Gasteiger partial charge in [-0.15, -0.1) is 0 Å². The van der Waals surface area contributed by atoms with Crippen LogP contribution < -0.4 is 45.9 Å². The van der Waals surface area contributed by atoms with Crippen LogP contribution in [0.25, 0.3) is 34.6 Å². The van der Waals surface area contributed by atoms with Crippen LogP contribution in [0, 0.1) is 0 Å². The van der Waals surface area contributed by atoms with Crippen LogP contribution in [0.1, 0.15) is 57.6 Å². The highest BCUT2D eigenvalue weighted by molar-refractivity contribution is 6.31. The zero-order valence-corrected chi connectivity index (χ0v) is 58.0. The number of aromatic nitrogens is 17. The van der Waals surface area contributed by atoms with Gasteiger partial charge < -0.3 is 49.7 Å². The average Bonchev–Trinajstić information content (AvgIpc) is 0.916. The van der Waals surface area contributed by atoms with Crippen molar-refractivity contribution in [3.8, 4) is 81.1 Å². The molecule has 5 aromatic carbocycles. The number of anilines is 5. The Morgan fingerprint density at radius 1 is 0.462 bits per heavy atom. The van der Waals surface area contributed by atoms with Crippen molar-refractivity contribution >= 4 is 70.5 Å². The number of amides is 5. The molecule has 7 heterocycles. The Balaban J connectivity index is 0.000000166. The number of nitrogen functional groups attached to an aromatic ring is 1. The highest BCUT2D eigenvalue weighted by Gasteiger charge is 2.33. The van der Waals surface area contributed by atoms with Crippen molar-refractivity contribution in [3.63, 3.8) is 0 Å². The minimum Gasteiger partial charge on any atom is -0.444 e. The molecule has 0 fully saturated rings. The number of H-pyrrole nitrogens is 3. The minimum atomic E-state index is -4.65. The van der Waals surface area contributed by atoms with Gasteiger partial charge in [-0.2, -0.15) is 33.5 Å². The van der Waals surface area contributed by atoms with E-state index in [0.29, 0.717) is 92.1 Å². The molecule has 38 heteroatoms. The third-order valence-electron chi connectivity index (χ3n) is 12.5. The molecule has 0 spiro atoms. The molecule has 0 aliphatic rings. The highest BCUT2D eigenvalue weighted by Crippen LogP contribution is 2.37. The van der Waals surface area contributed by atoms with Gasteiger partial charge in [0.05, 0.1) is 16.9 Å². The van der Waals surface area contributed by atoms with Gasteiger partial charge in [0, 0.05) is 91.1 Å². The number of nitrogens with one attached hydrogen (secondary N) is 7. The number of carbonyl (C=O) groups excluding carboxylic acids is 4. The monoisotopic (exact) mass is 1470 g/mol. The molecule has 7 aromatic heterocycles. The fourth-order valence-corrected chi connectivity index (χ4v) is 8.46. The maximum absolute atomic E-state index is 13.0. The minimum absolute atomic E-state index is 0.0717. The van der Waals surface area contributed by atoms with E-state index in [1.54, 1.807) is 164 Å². The van der Waals surface area contributed by atoms with Crippen LogP contribution in [-0.2, 0) is 15.7 Å². The van der Waals surface area contributed by atoms with E-state index in [-0.39, 0.29) is 23.1 Å². The number of aliphatic imine (C=N–C) groups is 1. The van der Waals surface area contributed by atoms with Crippen molar-refractivity contribution in [2.24, 2.45) is 4.99 Å². The van der Waals surface area contributed by atoms with Crippen molar-refractivity contribution < 1.29 is 60.8 Å². The molecule has 0 saturated carbocycles. The van der Waals surface area contributed by atoms with Crippen LogP contribution in [0.15, 0.2) is 189 Å². The standard InChI is InChI=1S/C20H13ClF3N7O2.C19H23N5O4.C17H18N6O3.C12H10N6O/c21-15-5-4-12(7-14(15)20(22,23)24)30-19(32)29-11-2-1-3-13(6-11)33-17-8-16(25-9-26-17)18-27-10-28-31-18;1-19(2,3)28-18(26)23-13-7-6-8-14(9-13)27-16-10-15(20-11-21-16)17(25)22-12-24(4)5;1-17(2,3)26-16(24)22-11-5-4-6-12(7-11)25-14-8-13(18-9-19-14)15-20-10-21-23-15;13-8-2-1-3-9(4-8)19-11-5-10(14-6-15-11)12-16-7-17-18-12/h1-10H,(H,27,28,31)(H2,29,30,32);6-12H,1-5H3,(H,23,26);4-10H,1-3H3,(H,22,24)(H,20,21,23);1-7H,13H2,(H,16,17,18). The molecule has 9 N–H and O–H groups in total. The SMILES string of the molecule is CC(C)(C)OC(=O)Nc1cccc(Oc2cc(-c3ncn[nH]3)ncn2)c1.CN(C)C=NC(=O)c1cc(Oc2cccc(NC(=O)OC(C)(C)C)c2)ncn1.Nc1cccc(Oc2cc(-c3ncn[nH]3)ncn2)c1.O=C(Nc1cccc(Oc2cc(-c3ncn[nH]3)ncn2)c1)Nc1ccc(Cl)c(C(F)(F)F)c1. The highest BCUT2D eigenvalue weighted by atomic mass is 35.5. The summed E-state index contributed by atoms with van der Waals surface area (Å²) in [5, 5.41) is 29.1. The van der Waals surface area contributed by atoms with E-state index in [4.69, 9.17) is 45.8 Å². The van der Waals surface area contributed by atoms with Gasteiger partial charge in [-0.05, 0) is 108 Å². The summed E-state index contributed by atoms with van der Waals surface area (Å²) in [5.41, 5.74) is 7.11. The fraction of sp³-hybridized carbons (Fsp3) is 0.162. The number of rotatable bonds is 17. The Labute approximate surface area is 605 Å². The summed E-state index contributed by atoms with van der Waals surface area (Å²) in [6.07, 6.45) is 5.06. The summed E-state index contributed by atoms with van der Waals surface area (Å²) in [5.74, 6) is 4.01. The molecule has 0 saturated heterocycles. The van der Waals surface area contributed by atoms with Crippen molar-refractivity contribution in [2.45, 2.75) is 58.9 Å². The molecule has 5 amide bonds. The molecule has 0 aliphatic heterocycles. The lowest BCUT2D eigenvalue weighted by molar-refractivity contribution is -0.137. The number of urea groups is 1. The largest absolute Gasteiger partial charge is 0.444 e. The number of halogens is 4. The molecule has 0 radical (unpaired) electrons. The predicted octanol–water partition coefficient (Wildman–Crippen LogP) is 13.8. The maximum atomic E-state index is 13.0. The van der Waals surface area contributed by atoms with E-state index in [1.165, 1.54) is 68.8 Å². The van der Waals surface area contributed by atoms with Crippen molar-refractivity contribution in [1.82, 2.24) is 90.3 Å². The summed E-state index contributed by atoms with van der Waals surface area (Å²) in [6.45, 7) is 10.7. The van der Waals surface area contributed by atoms with E-state index >= 15 is 0 Å². The zero-order valence-electron chi connectivity index (χ0n) is 57.2. The number of ether oxygens (including phenoxy) is 6. The molecule has 0 bridgehead atoms. The van der Waals surface area contributed by atoms with Crippen molar-refractivity contribution in [3.05, 3.63) is 200 Å². The van der Waals surface area contributed by atoms with Crippen LogP contribution in [0.4, 0.5) is 56.0 Å². The lowest BCUT2D eigenvalue weighted by Crippen LogP contribution is -2.27. The second-order valence-corrected chi connectivity index (χ2v) is 24.0. The van der Waals surface area contributed by atoms with Gasteiger partial charge in [-0.3, -0.25) is 30.7 Å². The topological polar surface area (TPSA) is 441 Å². The maximum Gasteiger partial charge on any atom is 0.417 e. The quantitative estimate of drug-likeness (QED) is 0.0238. The molecule has 12 rings (SSSR count). The average molecular weight is 1470 g/mol. The number of nitrogens with two attached hydrogens (primary N) is 1. The first-order chi connectivity index (χ1) is 50.6. The van der Waals surface area contributed by atoms with Crippen LogP contribution in [0.2, 0.25) is 5.02 Å². The van der Waals surface area contributed by atoms with Crippen LogP contribution >= 0.6 is 11.6 Å². The summed E-state index contributed by atoms with van der Waals surface area (Å²) in [6, 6.07) is 35.6. The van der Waals surface area contributed by atoms with Crippen LogP contribution in [-0.4, -0.2) is 146 Å². The second-order valence-electron chi connectivity index (χ2n) is 23.6. The van der Waals surface area contributed by atoms with Gasteiger partial charge >= 0.3 is 24.4 Å². The fourth-order valence-electron chi connectivity index (χ4n) is 8.24. The molecule has 0 unspecified atom stereocenters. The van der Waals surface area contributed by atoms with Gasteiger partial charge in [0.15, 0.2) is 17.5 Å². The molecule has 0 atom stereocenters. The normalized spacial score (nSPS) is 11.0. The molecule has 34 nitrogen and oxygen atoms in total. The van der Waals surface area contributed by atoms with Gasteiger partial charge in [0.1, 0.15) is 101 Å². The van der Waals surface area contributed by atoms with Gasteiger partial charge in [-0.1, -0.05) is 35.9 Å². The van der Waals surface area contributed by atoms with Crippen LogP contribution in [0.3, 0.4) is 0 Å². The molecule has 0 aliphatic carbocycles. The van der Waals surface area contributed by atoms with E-state index < -0.39 is 52.1 Å². The summed E-state index contributed by atoms with van der Waals surface area (Å²) >= 11 is 5.59. The molecular formula is C68H64ClF3N24O10. The third-order valence-corrected chi connectivity index (χ3v) is 12.8. The number of nitrogens with zero attached hydrogens (tertiary/aromatic N) is 16. The van der Waals surface area contributed by atoms with Gasteiger partial charge in [0.25, 0.3) is 5.91 Å². The summed E-state index contributed by atoms with van der Waals surface area (Å²) < 4.78 is 72.1. The second kappa shape index (κ2) is 35.5. The Bertz CT molecular complexity index is 4950. The Morgan fingerprint density at radius 3 is 1.22 bits per heavy atom. The molecule has 12 aromatic rings. The lowest BCUT2D eigenvalue weighted by atomic mass is 10.2. The van der Waals surface area contributed by atoms with E-state index in [2.05, 4.69) is 112 Å². The number of carbonyl (C=O) groups is 4. The molecule has 544 valence electrons. The first-order valence-electron chi connectivity index (χ1n) is 31.0. The van der Waals surface area contributed by atoms with Crippen molar-refractivity contribution in [1.29, 1.82) is 0 Å². The lowest BCUT2D eigenvalue weighted by Gasteiger charge is -2.19.